The van der Waals surface area contributed by atoms with Crippen LogP contribution in [0.15, 0.2) is 55.1 Å². The zero-order chi connectivity index (χ0) is 22.5. The smallest absolute Gasteiger partial charge is 0.185 e. The second-order valence-electron chi connectivity index (χ2n) is 9.31. The Morgan fingerprint density at radius 2 is 1.97 bits per heavy atom. The van der Waals surface area contributed by atoms with Crippen molar-refractivity contribution in [1.82, 2.24) is 29.2 Å². The quantitative estimate of drug-likeness (QED) is 0.424. The molecule has 8 heteroatoms. The molecule has 33 heavy (non-hydrogen) atoms. The lowest BCUT2D eigenvalue weighted by molar-refractivity contribution is 0.340. The number of nitrogens with zero attached hydrogens (tertiary/aromatic N) is 7. The van der Waals surface area contributed by atoms with Crippen molar-refractivity contribution in [2.45, 2.75) is 13.0 Å². The van der Waals surface area contributed by atoms with Gasteiger partial charge in [-0.2, -0.15) is 0 Å². The standard InChI is InChI=1S/C25H26FN7/c1-30(2)12-17-7-8-31(13-17)24-10-20-15-32-14-19(18-3-5-21(26)6-4-18)9-22(32)25-29-28-16-33(25)23(20)11-27-24/h3-6,9-11,14,16-17H,7-8,12-13,15H2,1-2H3/t17-/m0/s1. The third kappa shape index (κ3) is 3.60. The maximum absolute atomic E-state index is 13.4. The summed E-state index contributed by atoms with van der Waals surface area (Å²) in [7, 11) is 4.27. The summed E-state index contributed by atoms with van der Waals surface area (Å²) in [4.78, 5) is 9.48. The molecule has 2 aliphatic heterocycles. The number of hydrogen-bond donors (Lipinski definition) is 0. The zero-order valence-electron chi connectivity index (χ0n) is 18.8. The molecule has 0 N–H and O–H groups in total. The Hall–Kier alpha value is -3.52. The van der Waals surface area contributed by atoms with Gasteiger partial charge in [0, 0.05) is 43.5 Å². The topological polar surface area (TPSA) is 55.0 Å². The molecule has 168 valence electrons. The molecule has 2 aliphatic rings. The monoisotopic (exact) mass is 443 g/mol. The maximum atomic E-state index is 13.4. The summed E-state index contributed by atoms with van der Waals surface area (Å²) in [5.41, 5.74) is 5.18. The molecule has 1 aromatic carbocycles. The lowest BCUT2D eigenvalue weighted by atomic mass is 10.1. The van der Waals surface area contributed by atoms with Crippen LogP contribution in [0.25, 0.3) is 28.3 Å². The molecule has 7 nitrogen and oxygen atoms in total. The lowest BCUT2D eigenvalue weighted by Gasteiger charge is -2.20. The highest BCUT2D eigenvalue weighted by Gasteiger charge is 2.27. The molecule has 6 rings (SSSR count). The van der Waals surface area contributed by atoms with E-state index >= 15 is 0 Å². The number of pyridine rings is 1. The molecule has 3 aromatic heterocycles. The zero-order valence-corrected chi connectivity index (χ0v) is 18.8. The summed E-state index contributed by atoms with van der Waals surface area (Å²) in [6.07, 6.45) is 7.00. The molecular weight excluding hydrogens is 417 g/mol. The number of anilines is 1. The number of rotatable bonds is 4. The van der Waals surface area contributed by atoms with Gasteiger partial charge in [-0.15, -0.1) is 10.2 Å². The van der Waals surface area contributed by atoms with E-state index in [0.29, 0.717) is 12.5 Å². The average Bonchev–Trinajstić information content (AvgIpc) is 3.53. The van der Waals surface area contributed by atoms with Crippen molar-refractivity contribution in [2.24, 2.45) is 5.92 Å². The lowest BCUT2D eigenvalue weighted by Crippen LogP contribution is -2.26. The summed E-state index contributed by atoms with van der Waals surface area (Å²) in [6, 6.07) is 10.9. The van der Waals surface area contributed by atoms with Gasteiger partial charge in [-0.1, -0.05) is 12.1 Å². The molecule has 0 spiro atoms. The number of hydrogen-bond acceptors (Lipinski definition) is 5. The summed E-state index contributed by atoms with van der Waals surface area (Å²) in [5.74, 6) is 2.24. The first-order chi connectivity index (χ1) is 16.0. The van der Waals surface area contributed by atoms with Crippen LogP contribution in [0.2, 0.25) is 0 Å². The Morgan fingerprint density at radius 1 is 1.12 bits per heavy atom. The van der Waals surface area contributed by atoms with Crippen LogP contribution in [0.4, 0.5) is 10.2 Å². The van der Waals surface area contributed by atoms with Gasteiger partial charge in [0.2, 0.25) is 0 Å². The molecule has 0 unspecified atom stereocenters. The minimum atomic E-state index is -0.233. The molecule has 4 aromatic rings. The first kappa shape index (κ1) is 20.1. The fourth-order valence-electron chi connectivity index (χ4n) is 5.10. The fraction of sp³-hybridized carbons (Fsp3) is 0.320. The molecule has 1 saturated heterocycles. The second-order valence-corrected chi connectivity index (χ2v) is 9.31. The van der Waals surface area contributed by atoms with Gasteiger partial charge in [0.15, 0.2) is 5.82 Å². The predicted molar refractivity (Wildman–Crippen MR) is 126 cm³/mol. The van der Waals surface area contributed by atoms with Crippen LogP contribution in [0.5, 0.6) is 0 Å². The van der Waals surface area contributed by atoms with Gasteiger partial charge >= 0.3 is 0 Å². The number of benzene rings is 1. The van der Waals surface area contributed by atoms with Crippen LogP contribution in [-0.4, -0.2) is 62.9 Å². The highest BCUT2D eigenvalue weighted by molar-refractivity contribution is 5.71. The van der Waals surface area contributed by atoms with Crippen molar-refractivity contribution in [3.8, 4) is 28.3 Å². The van der Waals surface area contributed by atoms with E-state index in [2.05, 4.69) is 57.0 Å². The van der Waals surface area contributed by atoms with E-state index in [4.69, 9.17) is 4.98 Å². The molecule has 0 saturated carbocycles. The van der Waals surface area contributed by atoms with Gasteiger partial charge in [-0.3, -0.25) is 4.57 Å². The van der Waals surface area contributed by atoms with E-state index in [-0.39, 0.29) is 5.82 Å². The normalized spacial score (nSPS) is 17.1. The van der Waals surface area contributed by atoms with E-state index in [1.54, 1.807) is 6.33 Å². The number of halogens is 1. The molecule has 1 atom stereocenters. The Bertz CT molecular complexity index is 1300. The first-order valence-electron chi connectivity index (χ1n) is 11.3. The van der Waals surface area contributed by atoms with Crippen molar-refractivity contribution >= 4 is 5.82 Å². The predicted octanol–water partition coefficient (Wildman–Crippen LogP) is 3.69. The van der Waals surface area contributed by atoms with Crippen molar-refractivity contribution < 1.29 is 4.39 Å². The van der Waals surface area contributed by atoms with Crippen LogP contribution in [0.3, 0.4) is 0 Å². The third-order valence-electron chi connectivity index (χ3n) is 6.64. The van der Waals surface area contributed by atoms with Crippen molar-refractivity contribution in [3.05, 3.63) is 66.5 Å². The van der Waals surface area contributed by atoms with Crippen LogP contribution in [-0.2, 0) is 6.54 Å². The minimum absolute atomic E-state index is 0.233. The van der Waals surface area contributed by atoms with E-state index < -0.39 is 0 Å². The number of aromatic nitrogens is 5. The fourth-order valence-corrected chi connectivity index (χ4v) is 5.10. The van der Waals surface area contributed by atoms with E-state index in [1.807, 2.05) is 22.9 Å². The summed E-state index contributed by atoms with van der Waals surface area (Å²) in [5, 5.41) is 8.59. The number of fused-ring (bicyclic) bond motifs is 5. The molecule has 0 radical (unpaired) electrons. The van der Waals surface area contributed by atoms with E-state index in [0.717, 1.165) is 53.8 Å². The summed E-state index contributed by atoms with van der Waals surface area (Å²) >= 11 is 0. The van der Waals surface area contributed by atoms with Gasteiger partial charge in [0.1, 0.15) is 18.0 Å². The Labute approximate surface area is 192 Å². The largest absolute Gasteiger partial charge is 0.356 e. The first-order valence-corrected chi connectivity index (χ1v) is 11.3. The van der Waals surface area contributed by atoms with Crippen molar-refractivity contribution in [3.63, 3.8) is 0 Å². The van der Waals surface area contributed by atoms with Gasteiger partial charge in [-0.05, 0) is 56.3 Å². The molecule has 5 heterocycles. The van der Waals surface area contributed by atoms with Crippen molar-refractivity contribution in [1.29, 1.82) is 0 Å². The molecule has 0 amide bonds. The van der Waals surface area contributed by atoms with Crippen molar-refractivity contribution in [2.75, 3.05) is 38.6 Å². The minimum Gasteiger partial charge on any atom is -0.356 e. The highest BCUT2D eigenvalue weighted by Crippen LogP contribution is 2.34. The second kappa shape index (κ2) is 7.81. The Morgan fingerprint density at radius 3 is 2.79 bits per heavy atom. The van der Waals surface area contributed by atoms with Gasteiger partial charge in [0.25, 0.3) is 0 Å². The molecule has 0 aliphatic carbocycles. The van der Waals surface area contributed by atoms with Crippen LogP contribution < -0.4 is 4.90 Å². The van der Waals surface area contributed by atoms with Crippen LogP contribution >= 0.6 is 0 Å². The van der Waals surface area contributed by atoms with Crippen LogP contribution in [0, 0.1) is 11.7 Å². The SMILES string of the molecule is CN(C)C[C@@H]1CCN(c2cc3c(cn2)-n2cnnc2-c2cc(-c4ccc(F)cc4)cn2C3)C1. The Balaban J connectivity index is 1.37. The summed E-state index contributed by atoms with van der Waals surface area (Å²) in [6.45, 7) is 3.88. The molecule has 0 bridgehead atoms. The molecular formula is C25H26FN7. The summed E-state index contributed by atoms with van der Waals surface area (Å²) < 4.78 is 17.6. The van der Waals surface area contributed by atoms with Gasteiger partial charge in [0.05, 0.1) is 17.6 Å². The highest BCUT2D eigenvalue weighted by atomic mass is 19.1. The van der Waals surface area contributed by atoms with Crippen LogP contribution in [0.1, 0.15) is 12.0 Å². The van der Waals surface area contributed by atoms with Gasteiger partial charge in [-0.25, -0.2) is 9.37 Å². The van der Waals surface area contributed by atoms with Gasteiger partial charge < -0.3 is 14.4 Å². The average molecular weight is 444 g/mol. The molecule has 1 fully saturated rings. The van der Waals surface area contributed by atoms with E-state index in [9.17, 15) is 4.39 Å². The van der Waals surface area contributed by atoms with E-state index in [1.165, 1.54) is 24.1 Å². The Kier molecular flexibility index (Phi) is 4.76. The third-order valence-corrected chi connectivity index (χ3v) is 6.64. The maximum Gasteiger partial charge on any atom is 0.185 e.